The first-order chi connectivity index (χ1) is 10.1. The molecule has 0 bridgehead atoms. The molecule has 9 unspecified atom stereocenters. The van der Waals surface area contributed by atoms with Crippen molar-refractivity contribution >= 4 is 11.1 Å². The molecule has 0 radical (unpaired) electrons. The second kappa shape index (κ2) is 5.63. The first kappa shape index (κ1) is 14.7. The molecule has 2 nitrogen and oxygen atoms in total. The number of hydrogen-bond acceptors (Lipinski definition) is 2. The molecular weight excluding hydrogens is 280 g/mol. The molecule has 3 aliphatic carbocycles. The van der Waals surface area contributed by atoms with E-state index in [9.17, 15) is 4.21 Å². The Labute approximate surface area is 132 Å². The van der Waals surface area contributed by atoms with Crippen molar-refractivity contribution < 1.29 is 8.39 Å². The van der Waals surface area contributed by atoms with Gasteiger partial charge in [0.1, 0.15) is 0 Å². The molecule has 1 saturated heterocycles. The molecule has 0 aromatic carbocycles. The molecule has 4 aliphatic rings. The third-order valence-electron chi connectivity index (χ3n) is 7.20. The van der Waals surface area contributed by atoms with E-state index < -0.39 is 11.1 Å². The molecule has 4 rings (SSSR count). The number of fused-ring (bicyclic) bond motifs is 5. The van der Waals surface area contributed by atoms with Crippen LogP contribution in [0, 0.1) is 35.5 Å². The summed E-state index contributed by atoms with van der Waals surface area (Å²) < 4.78 is 18.7. The van der Waals surface area contributed by atoms with Gasteiger partial charge in [-0.1, -0.05) is 33.1 Å². The molecule has 0 aromatic rings. The molecule has 3 saturated carbocycles. The Bertz CT molecular complexity index is 423. The van der Waals surface area contributed by atoms with Gasteiger partial charge in [0.05, 0.1) is 11.4 Å². The van der Waals surface area contributed by atoms with E-state index in [2.05, 4.69) is 13.8 Å². The van der Waals surface area contributed by atoms with Crippen LogP contribution < -0.4 is 0 Å². The summed E-state index contributed by atoms with van der Waals surface area (Å²) in [6.07, 6.45) is 10.9. The van der Waals surface area contributed by atoms with Crippen LogP contribution in [0.15, 0.2) is 0 Å². The van der Waals surface area contributed by atoms with Crippen LogP contribution in [0.4, 0.5) is 0 Å². The van der Waals surface area contributed by atoms with Crippen LogP contribution in [0.1, 0.15) is 65.2 Å². The van der Waals surface area contributed by atoms with E-state index in [0.717, 1.165) is 42.4 Å². The lowest BCUT2D eigenvalue weighted by Gasteiger charge is -2.55. The third-order valence-corrected chi connectivity index (χ3v) is 8.67. The van der Waals surface area contributed by atoms with Crippen molar-refractivity contribution in [2.45, 2.75) is 76.6 Å². The van der Waals surface area contributed by atoms with Gasteiger partial charge in [-0.25, -0.2) is 4.21 Å². The molecule has 3 heteroatoms. The summed E-state index contributed by atoms with van der Waals surface area (Å²) >= 11 is -1.02. The van der Waals surface area contributed by atoms with Gasteiger partial charge in [0.25, 0.3) is 0 Å². The summed E-state index contributed by atoms with van der Waals surface area (Å²) in [7, 11) is 0. The van der Waals surface area contributed by atoms with Gasteiger partial charge < -0.3 is 0 Å². The average Bonchev–Trinajstić information content (AvgIpc) is 2.48. The van der Waals surface area contributed by atoms with Gasteiger partial charge in [0, 0.05) is 0 Å². The van der Waals surface area contributed by atoms with E-state index in [-0.39, 0.29) is 0 Å². The Morgan fingerprint density at radius 3 is 2.48 bits per heavy atom. The zero-order valence-electron chi connectivity index (χ0n) is 13.5. The van der Waals surface area contributed by atoms with E-state index in [0.29, 0.717) is 17.3 Å². The zero-order chi connectivity index (χ0) is 14.6. The van der Waals surface area contributed by atoms with Gasteiger partial charge >= 0.3 is 0 Å². The van der Waals surface area contributed by atoms with E-state index in [4.69, 9.17) is 4.18 Å². The number of rotatable bonds is 0. The maximum absolute atomic E-state index is 12.6. The summed E-state index contributed by atoms with van der Waals surface area (Å²) in [5.74, 6) is 4.72. The SMILES string of the molecule is CC1CCC2C3C(CC(C)C4CCCCC43)OS(=O)C2C1. The molecule has 0 N–H and O–H groups in total. The first-order valence-electron chi connectivity index (χ1n) is 9.23. The monoisotopic (exact) mass is 310 g/mol. The average molecular weight is 311 g/mol. The molecule has 0 spiro atoms. The van der Waals surface area contributed by atoms with E-state index in [1.54, 1.807) is 0 Å². The van der Waals surface area contributed by atoms with Crippen LogP contribution in [-0.2, 0) is 15.3 Å². The molecule has 120 valence electrons. The Balaban J connectivity index is 1.63. The van der Waals surface area contributed by atoms with Crippen LogP contribution in [0.5, 0.6) is 0 Å². The van der Waals surface area contributed by atoms with Crippen molar-refractivity contribution in [3.63, 3.8) is 0 Å². The van der Waals surface area contributed by atoms with Crippen molar-refractivity contribution in [3.8, 4) is 0 Å². The molecule has 1 heterocycles. The smallest absolute Gasteiger partial charge is 0.159 e. The summed E-state index contributed by atoms with van der Waals surface area (Å²) in [5, 5.41) is 0.339. The topological polar surface area (TPSA) is 26.3 Å². The van der Waals surface area contributed by atoms with Crippen LogP contribution in [-0.4, -0.2) is 15.6 Å². The lowest BCUT2D eigenvalue weighted by atomic mass is 9.55. The van der Waals surface area contributed by atoms with E-state index in [1.807, 2.05) is 0 Å². The highest BCUT2D eigenvalue weighted by atomic mass is 32.2. The molecular formula is C18H30O2S. The number of hydrogen-bond donors (Lipinski definition) is 0. The normalized spacial score (nSPS) is 57.0. The molecule has 21 heavy (non-hydrogen) atoms. The second-order valence-corrected chi connectivity index (χ2v) is 9.74. The standard InChI is InChI=1S/C18H30O2S/c1-11-7-8-15-17(9-11)21(19)20-16-10-12(2)13-5-3-4-6-14(13)18(15)16/h11-18H,3-10H2,1-2H3. The lowest BCUT2D eigenvalue weighted by Crippen LogP contribution is -2.56. The molecule has 0 amide bonds. The third kappa shape index (κ3) is 2.43. The first-order valence-corrected chi connectivity index (χ1v) is 10.4. The van der Waals surface area contributed by atoms with Crippen LogP contribution in [0.25, 0.3) is 0 Å². The predicted octanol–water partition coefficient (Wildman–Crippen LogP) is 4.32. The van der Waals surface area contributed by atoms with Crippen molar-refractivity contribution in [2.24, 2.45) is 35.5 Å². The van der Waals surface area contributed by atoms with Crippen molar-refractivity contribution in [1.82, 2.24) is 0 Å². The molecule has 9 atom stereocenters. The Morgan fingerprint density at radius 1 is 0.905 bits per heavy atom. The minimum atomic E-state index is -1.02. The van der Waals surface area contributed by atoms with Crippen molar-refractivity contribution in [2.75, 3.05) is 0 Å². The largest absolute Gasteiger partial charge is 0.287 e. The maximum atomic E-state index is 12.6. The summed E-state index contributed by atoms with van der Waals surface area (Å²) in [5.41, 5.74) is 0. The van der Waals surface area contributed by atoms with Gasteiger partial charge in [-0.05, 0) is 67.6 Å². The highest BCUT2D eigenvalue weighted by molar-refractivity contribution is 7.80. The molecule has 0 aromatic heterocycles. The summed E-state index contributed by atoms with van der Waals surface area (Å²) in [6.45, 7) is 4.74. The minimum absolute atomic E-state index is 0.301. The molecule has 4 fully saturated rings. The van der Waals surface area contributed by atoms with E-state index >= 15 is 0 Å². The summed E-state index contributed by atoms with van der Waals surface area (Å²) in [6, 6.07) is 0. The van der Waals surface area contributed by atoms with Gasteiger partial charge in [-0.3, -0.25) is 4.18 Å². The fourth-order valence-electron chi connectivity index (χ4n) is 6.25. The highest BCUT2D eigenvalue weighted by Crippen LogP contribution is 2.55. The van der Waals surface area contributed by atoms with Gasteiger partial charge in [0.15, 0.2) is 11.1 Å². The fraction of sp³-hybridized carbons (Fsp3) is 1.00. The minimum Gasteiger partial charge on any atom is -0.287 e. The van der Waals surface area contributed by atoms with Gasteiger partial charge in [0.2, 0.25) is 0 Å². The molecule has 1 aliphatic heterocycles. The zero-order valence-corrected chi connectivity index (χ0v) is 14.3. The fourth-order valence-corrected chi connectivity index (χ4v) is 7.93. The van der Waals surface area contributed by atoms with E-state index in [1.165, 1.54) is 38.5 Å². The van der Waals surface area contributed by atoms with Gasteiger partial charge in [-0.15, -0.1) is 0 Å². The van der Waals surface area contributed by atoms with Gasteiger partial charge in [-0.2, -0.15) is 0 Å². The quantitative estimate of drug-likeness (QED) is 0.666. The van der Waals surface area contributed by atoms with Crippen LogP contribution in [0.3, 0.4) is 0 Å². The second-order valence-electron chi connectivity index (χ2n) is 8.42. The Hall–Kier alpha value is 0.110. The Kier molecular flexibility index (Phi) is 3.94. The summed E-state index contributed by atoms with van der Waals surface area (Å²) in [4.78, 5) is 0. The van der Waals surface area contributed by atoms with Crippen LogP contribution in [0.2, 0.25) is 0 Å². The Morgan fingerprint density at radius 2 is 1.67 bits per heavy atom. The van der Waals surface area contributed by atoms with Crippen LogP contribution >= 0.6 is 0 Å². The highest BCUT2D eigenvalue weighted by Gasteiger charge is 2.54. The van der Waals surface area contributed by atoms with Crippen molar-refractivity contribution in [3.05, 3.63) is 0 Å². The van der Waals surface area contributed by atoms with Crippen molar-refractivity contribution in [1.29, 1.82) is 0 Å². The predicted molar refractivity (Wildman–Crippen MR) is 86.0 cm³/mol. The maximum Gasteiger partial charge on any atom is 0.159 e. The lowest BCUT2D eigenvalue weighted by molar-refractivity contribution is -0.0741.